The van der Waals surface area contributed by atoms with E-state index in [4.69, 9.17) is 4.74 Å². The van der Waals surface area contributed by atoms with Crippen molar-refractivity contribution in [2.75, 3.05) is 20.7 Å². The molecular weight excluding hydrogens is 328 g/mol. The minimum absolute atomic E-state index is 0.0428. The van der Waals surface area contributed by atoms with Crippen LogP contribution >= 0.6 is 0 Å². The molecule has 1 N–H and O–H groups in total. The molecular formula is C21H26N2O3. The van der Waals surface area contributed by atoms with Crippen molar-refractivity contribution in [2.24, 2.45) is 5.92 Å². The van der Waals surface area contributed by atoms with Gasteiger partial charge in [0.05, 0.1) is 6.61 Å². The molecule has 0 bridgehead atoms. The van der Waals surface area contributed by atoms with E-state index in [1.807, 2.05) is 24.3 Å². The van der Waals surface area contributed by atoms with Crippen molar-refractivity contribution in [1.29, 1.82) is 0 Å². The average molecular weight is 354 g/mol. The summed E-state index contributed by atoms with van der Waals surface area (Å²) in [7, 11) is 3.44. The number of hydrogen-bond acceptors (Lipinski definition) is 3. The summed E-state index contributed by atoms with van der Waals surface area (Å²) in [5, 5.41) is 2.89. The van der Waals surface area contributed by atoms with E-state index in [0.717, 1.165) is 5.56 Å². The molecule has 0 aliphatic rings. The van der Waals surface area contributed by atoms with Crippen LogP contribution in [0.1, 0.15) is 40.1 Å². The molecule has 0 spiro atoms. The Morgan fingerprint density at radius 1 is 1.04 bits per heavy atom. The third kappa shape index (κ3) is 5.62. The first-order chi connectivity index (χ1) is 12.4. The summed E-state index contributed by atoms with van der Waals surface area (Å²) in [5.41, 5.74) is 2.12. The van der Waals surface area contributed by atoms with E-state index in [2.05, 4.69) is 19.2 Å². The highest BCUT2D eigenvalue weighted by Crippen LogP contribution is 2.14. The quantitative estimate of drug-likeness (QED) is 0.829. The molecule has 138 valence electrons. The lowest BCUT2D eigenvalue weighted by atomic mass is 10.1. The summed E-state index contributed by atoms with van der Waals surface area (Å²) in [6.07, 6.45) is 0. The van der Waals surface area contributed by atoms with E-state index in [-0.39, 0.29) is 11.8 Å². The molecule has 5 heteroatoms. The molecule has 2 amide bonds. The Morgan fingerprint density at radius 2 is 1.73 bits per heavy atom. The summed E-state index contributed by atoms with van der Waals surface area (Å²) in [5.74, 6) is 0.917. The fraction of sp³-hybridized carbons (Fsp3) is 0.333. The van der Waals surface area contributed by atoms with Crippen molar-refractivity contribution in [3.05, 3.63) is 65.2 Å². The van der Waals surface area contributed by atoms with Gasteiger partial charge in [-0.3, -0.25) is 9.59 Å². The third-order valence-electron chi connectivity index (χ3n) is 3.74. The maximum atomic E-state index is 12.3. The molecule has 0 fully saturated rings. The van der Waals surface area contributed by atoms with Crippen molar-refractivity contribution < 1.29 is 14.3 Å². The minimum Gasteiger partial charge on any atom is -0.493 e. The van der Waals surface area contributed by atoms with Gasteiger partial charge in [-0.2, -0.15) is 0 Å². The van der Waals surface area contributed by atoms with Crippen LogP contribution in [-0.4, -0.2) is 37.4 Å². The third-order valence-corrected chi connectivity index (χ3v) is 3.74. The van der Waals surface area contributed by atoms with E-state index in [0.29, 0.717) is 35.9 Å². The molecule has 26 heavy (non-hydrogen) atoms. The van der Waals surface area contributed by atoms with Crippen LogP contribution in [0.3, 0.4) is 0 Å². The van der Waals surface area contributed by atoms with Crippen LogP contribution < -0.4 is 10.1 Å². The van der Waals surface area contributed by atoms with Crippen LogP contribution in [0.5, 0.6) is 5.75 Å². The van der Waals surface area contributed by atoms with Gasteiger partial charge in [0.25, 0.3) is 11.8 Å². The lowest BCUT2D eigenvalue weighted by Gasteiger charge is -2.11. The van der Waals surface area contributed by atoms with Gasteiger partial charge in [0.15, 0.2) is 0 Å². The number of carbonyl (C=O) groups is 2. The van der Waals surface area contributed by atoms with Crippen molar-refractivity contribution in [3.63, 3.8) is 0 Å². The van der Waals surface area contributed by atoms with E-state index < -0.39 is 0 Å². The first kappa shape index (κ1) is 19.5. The highest BCUT2D eigenvalue weighted by Gasteiger charge is 2.09. The second-order valence-electron chi connectivity index (χ2n) is 6.81. The Labute approximate surface area is 155 Å². The molecule has 0 heterocycles. The van der Waals surface area contributed by atoms with Crippen LogP contribution in [0.25, 0.3) is 0 Å². The number of benzene rings is 2. The van der Waals surface area contributed by atoms with Crippen LogP contribution in [0.4, 0.5) is 0 Å². The maximum Gasteiger partial charge on any atom is 0.253 e. The topological polar surface area (TPSA) is 58.6 Å². The highest BCUT2D eigenvalue weighted by molar-refractivity contribution is 5.95. The number of hydrogen-bond donors (Lipinski definition) is 1. The normalized spacial score (nSPS) is 10.5. The molecule has 0 saturated heterocycles. The van der Waals surface area contributed by atoms with Gasteiger partial charge >= 0.3 is 0 Å². The van der Waals surface area contributed by atoms with Crippen LogP contribution in [-0.2, 0) is 6.54 Å². The fourth-order valence-electron chi connectivity index (χ4n) is 2.30. The second-order valence-corrected chi connectivity index (χ2v) is 6.81. The van der Waals surface area contributed by atoms with Crippen molar-refractivity contribution in [1.82, 2.24) is 10.2 Å². The molecule has 0 aromatic heterocycles. The summed E-state index contributed by atoms with van der Waals surface area (Å²) < 4.78 is 5.66. The summed E-state index contributed by atoms with van der Waals surface area (Å²) in [6, 6.07) is 14.4. The number of nitrogens with zero attached hydrogens (tertiary/aromatic N) is 1. The first-order valence-electron chi connectivity index (χ1n) is 8.68. The summed E-state index contributed by atoms with van der Waals surface area (Å²) in [4.78, 5) is 25.8. The van der Waals surface area contributed by atoms with Crippen LogP contribution in [0.15, 0.2) is 48.5 Å². The molecule has 2 aromatic rings. The first-order valence-corrected chi connectivity index (χ1v) is 8.68. The standard InChI is InChI=1S/C21H26N2O3/c1-15(2)14-26-19-7-5-6-18(12-19)20(24)22-13-16-8-10-17(11-9-16)21(25)23(3)4/h5-12,15H,13-14H2,1-4H3,(H,22,24). The Morgan fingerprint density at radius 3 is 2.35 bits per heavy atom. The van der Waals surface area contributed by atoms with Crippen molar-refractivity contribution in [3.8, 4) is 5.75 Å². The molecule has 0 aliphatic heterocycles. The zero-order chi connectivity index (χ0) is 19.1. The smallest absolute Gasteiger partial charge is 0.253 e. The predicted molar refractivity (Wildman–Crippen MR) is 102 cm³/mol. The summed E-state index contributed by atoms with van der Waals surface area (Å²) in [6.45, 7) is 5.16. The van der Waals surface area contributed by atoms with Gasteiger partial charge in [-0.1, -0.05) is 32.0 Å². The molecule has 5 nitrogen and oxygen atoms in total. The second kappa shape index (κ2) is 9.04. The molecule has 0 unspecified atom stereocenters. The molecule has 2 aromatic carbocycles. The molecule has 0 saturated carbocycles. The van der Waals surface area contributed by atoms with Crippen LogP contribution in [0.2, 0.25) is 0 Å². The average Bonchev–Trinajstić information content (AvgIpc) is 2.64. The van der Waals surface area contributed by atoms with Gasteiger partial charge < -0.3 is 15.0 Å². The SMILES string of the molecule is CC(C)COc1cccc(C(=O)NCc2ccc(C(=O)N(C)C)cc2)c1. The monoisotopic (exact) mass is 354 g/mol. The lowest BCUT2D eigenvalue weighted by molar-refractivity contribution is 0.0827. The van der Waals surface area contributed by atoms with Gasteiger partial charge in [-0.15, -0.1) is 0 Å². The molecule has 0 atom stereocenters. The van der Waals surface area contributed by atoms with E-state index in [9.17, 15) is 9.59 Å². The Kier molecular flexibility index (Phi) is 6.78. The Balaban J connectivity index is 1.94. The van der Waals surface area contributed by atoms with Crippen LogP contribution in [0, 0.1) is 5.92 Å². The number of rotatable bonds is 7. The molecule has 0 aliphatic carbocycles. The van der Waals surface area contributed by atoms with E-state index in [1.165, 1.54) is 4.90 Å². The lowest BCUT2D eigenvalue weighted by Crippen LogP contribution is -2.23. The van der Waals surface area contributed by atoms with E-state index >= 15 is 0 Å². The van der Waals surface area contributed by atoms with Gasteiger partial charge in [-0.05, 0) is 41.8 Å². The van der Waals surface area contributed by atoms with Gasteiger partial charge in [0.2, 0.25) is 0 Å². The number of nitrogens with one attached hydrogen (secondary N) is 1. The number of amides is 2. The van der Waals surface area contributed by atoms with Crippen molar-refractivity contribution in [2.45, 2.75) is 20.4 Å². The summed E-state index contributed by atoms with van der Waals surface area (Å²) >= 11 is 0. The van der Waals surface area contributed by atoms with Gasteiger partial charge in [-0.25, -0.2) is 0 Å². The number of ether oxygens (including phenoxy) is 1. The minimum atomic E-state index is -0.159. The largest absolute Gasteiger partial charge is 0.493 e. The highest BCUT2D eigenvalue weighted by atomic mass is 16.5. The zero-order valence-electron chi connectivity index (χ0n) is 15.8. The van der Waals surface area contributed by atoms with Gasteiger partial charge in [0, 0.05) is 31.8 Å². The number of carbonyl (C=O) groups excluding carboxylic acids is 2. The van der Waals surface area contributed by atoms with E-state index in [1.54, 1.807) is 38.4 Å². The van der Waals surface area contributed by atoms with Gasteiger partial charge in [0.1, 0.15) is 5.75 Å². The predicted octanol–water partition coefficient (Wildman–Crippen LogP) is 3.35. The molecule has 0 radical (unpaired) electrons. The Bertz CT molecular complexity index is 752. The molecule has 2 rings (SSSR count). The van der Waals surface area contributed by atoms with Crippen molar-refractivity contribution >= 4 is 11.8 Å². The fourth-order valence-corrected chi connectivity index (χ4v) is 2.30. The Hall–Kier alpha value is -2.82. The zero-order valence-corrected chi connectivity index (χ0v) is 15.8. The maximum absolute atomic E-state index is 12.3.